The molecule has 0 atom stereocenters. The van der Waals surface area contributed by atoms with Gasteiger partial charge in [0.15, 0.2) is 5.71 Å². The second kappa shape index (κ2) is 11.7. The summed E-state index contributed by atoms with van der Waals surface area (Å²) < 4.78 is 4.49. The van der Waals surface area contributed by atoms with Crippen LogP contribution in [0.2, 0.25) is 0 Å². The first-order chi connectivity index (χ1) is 24.7. The van der Waals surface area contributed by atoms with Crippen LogP contribution in [-0.4, -0.2) is 38.6 Å². The second-order valence-corrected chi connectivity index (χ2v) is 15.5. The molecule has 1 N–H and O–H groups in total. The van der Waals surface area contributed by atoms with Gasteiger partial charge in [-0.3, -0.25) is 13.9 Å². The Hall–Kier alpha value is -5.69. The van der Waals surface area contributed by atoms with Gasteiger partial charge in [0.1, 0.15) is 12.6 Å². The fourth-order valence-electron chi connectivity index (χ4n) is 9.18. The van der Waals surface area contributed by atoms with Crippen LogP contribution in [0.15, 0.2) is 124 Å². The lowest BCUT2D eigenvalue weighted by Gasteiger charge is -2.24. The average Bonchev–Trinajstić information content (AvgIpc) is 3.68. The van der Waals surface area contributed by atoms with Crippen LogP contribution in [0.1, 0.15) is 57.2 Å². The zero-order chi connectivity index (χ0) is 36.9. The molecule has 1 aromatic heterocycles. The molecule has 7 nitrogen and oxygen atoms in total. The van der Waals surface area contributed by atoms with Crippen LogP contribution >= 0.6 is 0 Å². The van der Waals surface area contributed by atoms with Gasteiger partial charge in [-0.2, -0.15) is 4.58 Å². The van der Waals surface area contributed by atoms with Gasteiger partial charge in [0, 0.05) is 55.6 Å². The van der Waals surface area contributed by atoms with Gasteiger partial charge < -0.3 is 10.0 Å². The molecule has 0 unspecified atom stereocenters. The van der Waals surface area contributed by atoms with E-state index in [0.717, 1.165) is 31.7 Å². The van der Waals surface area contributed by atoms with Crippen LogP contribution in [0, 0.1) is 0 Å². The molecule has 3 aliphatic rings. The molecule has 0 radical (unpaired) electrons. The number of aromatic nitrogens is 2. The predicted molar refractivity (Wildman–Crippen MR) is 213 cm³/mol. The van der Waals surface area contributed by atoms with E-state index in [-0.39, 0.29) is 22.3 Å². The third-order valence-electron chi connectivity index (χ3n) is 11.9. The van der Waals surface area contributed by atoms with Crippen molar-refractivity contribution in [2.24, 2.45) is 14.1 Å². The molecule has 0 amide bonds. The van der Waals surface area contributed by atoms with Crippen LogP contribution in [0.3, 0.4) is 0 Å². The standard InChI is InChI=1S/C45H44N4O3/c1-44(2)35(46(5)33-23-19-27-13-9-11-15-31(27)39(33)44)25-21-29-17-18-30(37(29)38-41(50)48(7)43(52)49(8)42(38)51)22-26-36-45(3,4)40-32-16-12-10-14-28(32)20-24-34(40)47(36)6/h9-16,19-26H,17-18H2,1-8H3/p+1/b29-21+,35-25+. The minimum absolute atomic E-state index is 0.151. The summed E-state index contributed by atoms with van der Waals surface area (Å²) in [7, 11) is 7.19. The molecule has 4 aromatic carbocycles. The third-order valence-corrected chi connectivity index (χ3v) is 11.9. The van der Waals surface area contributed by atoms with Crippen molar-refractivity contribution in [3.63, 3.8) is 0 Å². The van der Waals surface area contributed by atoms with Gasteiger partial charge >= 0.3 is 5.69 Å². The van der Waals surface area contributed by atoms with E-state index in [4.69, 9.17) is 0 Å². The van der Waals surface area contributed by atoms with Gasteiger partial charge in [-0.15, -0.1) is 0 Å². The van der Waals surface area contributed by atoms with Crippen molar-refractivity contribution in [3.05, 3.63) is 151 Å². The minimum Gasteiger partial charge on any atom is -0.494 e. The zero-order valence-corrected chi connectivity index (χ0v) is 31.2. The highest BCUT2D eigenvalue weighted by Gasteiger charge is 2.44. The third kappa shape index (κ3) is 4.68. The van der Waals surface area contributed by atoms with Crippen LogP contribution in [0.4, 0.5) is 11.4 Å². The largest absolute Gasteiger partial charge is 0.494 e. The maximum atomic E-state index is 13.9. The summed E-state index contributed by atoms with van der Waals surface area (Å²) in [6, 6.07) is 25.8. The Labute approximate surface area is 304 Å². The van der Waals surface area contributed by atoms with E-state index in [9.17, 15) is 14.7 Å². The number of likely N-dealkylation sites (N-methyl/N-ethyl adjacent to an activating group) is 1. The molecule has 8 rings (SSSR count). The number of anilines is 1. The summed E-state index contributed by atoms with van der Waals surface area (Å²) in [4.78, 5) is 29.0. The molecule has 2 aliphatic heterocycles. The summed E-state index contributed by atoms with van der Waals surface area (Å²) in [5.74, 6) is -0.323. The molecule has 7 heteroatoms. The van der Waals surface area contributed by atoms with Gasteiger partial charge in [-0.25, -0.2) is 4.79 Å². The lowest BCUT2D eigenvalue weighted by atomic mass is 9.79. The zero-order valence-electron chi connectivity index (χ0n) is 31.2. The minimum atomic E-state index is -0.566. The van der Waals surface area contributed by atoms with Gasteiger partial charge in [0.05, 0.1) is 5.41 Å². The molecular formula is C45H45N4O3+. The SMILES string of the molecule is CN1/C(=C/C=C2\CCC(/C=C/C3=[N+](C)c4ccc5ccccc5c4C3(C)C)=C2c2c(O)n(C)c(=O)n(C)c2=O)C(C)(C)c2c1ccc1ccccc21. The molecule has 52 heavy (non-hydrogen) atoms. The molecule has 3 heterocycles. The van der Waals surface area contributed by atoms with Crippen molar-refractivity contribution in [2.75, 3.05) is 19.0 Å². The molecule has 0 saturated carbocycles. The average molecular weight is 690 g/mol. The van der Waals surface area contributed by atoms with E-state index in [1.54, 1.807) is 0 Å². The van der Waals surface area contributed by atoms with E-state index in [1.807, 2.05) is 0 Å². The monoisotopic (exact) mass is 689 g/mol. The van der Waals surface area contributed by atoms with Crippen LogP contribution in [0.5, 0.6) is 5.88 Å². The van der Waals surface area contributed by atoms with E-state index in [2.05, 4.69) is 148 Å². The Morgan fingerprint density at radius 1 is 0.731 bits per heavy atom. The summed E-state index contributed by atoms with van der Waals surface area (Å²) in [6.45, 7) is 9.05. The molecule has 0 bridgehead atoms. The number of hydrogen-bond donors (Lipinski definition) is 1. The Kier molecular flexibility index (Phi) is 7.51. The Morgan fingerprint density at radius 3 is 2.06 bits per heavy atom. The van der Waals surface area contributed by atoms with Gasteiger partial charge in [-0.05, 0) is 88.7 Å². The summed E-state index contributed by atoms with van der Waals surface area (Å²) >= 11 is 0. The normalized spacial score (nSPS) is 19.3. The molecule has 0 fully saturated rings. The van der Waals surface area contributed by atoms with Gasteiger partial charge in [0.2, 0.25) is 11.6 Å². The topological polar surface area (TPSA) is 70.5 Å². The molecule has 0 saturated heterocycles. The highest BCUT2D eigenvalue weighted by molar-refractivity contribution is 6.08. The Balaban J connectivity index is 1.28. The van der Waals surface area contributed by atoms with Crippen molar-refractivity contribution in [1.29, 1.82) is 0 Å². The van der Waals surface area contributed by atoms with Crippen molar-refractivity contribution in [3.8, 4) is 5.88 Å². The number of benzene rings is 4. The van der Waals surface area contributed by atoms with E-state index in [0.29, 0.717) is 18.4 Å². The highest BCUT2D eigenvalue weighted by Crippen LogP contribution is 2.51. The van der Waals surface area contributed by atoms with Crippen LogP contribution < -0.4 is 16.1 Å². The van der Waals surface area contributed by atoms with Crippen LogP contribution in [-0.2, 0) is 24.9 Å². The molecule has 5 aromatic rings. The summed E-state index contributed by atoms with van der Waals surface area (Å²) in [6.07, 6.45) is 9.94. The number of aromatic hydroxyl groups is 1. The predicted octanol–water partition coefficient (Wildman–Crippen LogP) is 8.14. The quantitative estimate of drug-likeness (QED) is 0.194. The van der Waals surface area contributed by atoms with Crippen LogP contribution in [0.25, 0.3) is 27.1 Å². The van der Waals surface area contributed by atoms with Gasteiger partial charge in [-0.1, -0.05) is 80.6 Å². The molecule has 262 valence electrons. The lowest BCUT2D eigenvalue weighted by Crippen LogP contribution is -2.38. The lowest BCUT2D eigenvalue weighted by molar-refractivity contribution is -0.401. The van der Waals surface area contributed by atoms with Crippen molar-refractivity contribution in [2.45, 2.75) is 51.4 Å². The van der Waals surface area contributed by atoms with E-state index >= 15 is 0 Å². The maximum Gasteiger partial charge on any atom is 0.333 e. The second-order valence-electron chi connectivity index (χ2n) is 15.5. The maximum absolute atomic E-state index is 13.9. The Morgan fingerprint density at radius 2 is 1.37 bits per heavy atom. The van der Waals surface area contributed by atoms with E-state index in [1.165, 1.54) is 58.1 Å². The van der Waals surface area contributed by atoms with E-state index < -0.39 is 11.2 Å². The Bertz CT molecular complexity index is 2680. The first-order valence-electron chi connectivity index (χ1n) is 18.0. The fraction of sp³-hybridized carbons (Fsp3) is 0.267. The fourth-order valence-corrected chi connectivity index (χ4v) is 9.18. The van der Waals surface area contributed by atoms with Gasteiger partial charge in [0.25, 0.3) is 5.56 Å². The van der Waals surface area contributed by atoms with Crippen molar-refractivity contribution >= 4 is 44.2 Å². The first-order valence-corrected chi connectivity index (χ1v) is 18.0. The number of nitrogens with zero attached hydrogens (tertiary/aromatic N) is 4. The number of rotatable bonds is 4. The summed E-state index contributed by atoms with van der Waals surface area (Å²) in [5, 5.41) is 16.4. The number of allylic oxidation sites excluding steroid dienone is 8. The number of hydrogen-bond acceptors (Lipinski definition) is 4. The van der Waals surface area contributed by atoms with Crippen molar-refractivity contribution in [1.82, 2.24) is 9.13 Å². The van der Waals surface area contributed by atoms with Crippen molar-refractivity contribution < 1.29 is 9.68 Å². The first kappa shape index (κ1) is 33.5. The summed E-state index contributed by atoms with van der Waals surface area (Å²) in [5.41, 5.74) is 8.32. The molecule has 0 spiro atoms. The smallest absolute Gasteiger partial charge is 0.333 e. The molecular weight excluding hydrogens is 645 g/mol. The number of fused-ring (bicyclic) bond motifs is 6. The molecule has 1 aliphatic carbocycles. The highest BCUT2D eigenvalue weighted by atomic mass is 16.3.